The minimum atomic E-state index is -1.34. The number of rotatable bonds is 3. The standard InChI is InChI=1S/C15H15ClN2O2/c16-12-3-1-2-11(8-12)15(20)9-10(4-6-13(15)17)5-7-14(18)19/h1-8,20H,9,17H2,(H2,18,19)/b7-5+. The fraction of sp³-hybridized carbons (Fsp3) is 0.133. The number of benzene rings is 1. The Kier molecular flexibility index (Phi) is 3.97. The first kappa shape index (κ1) is 14.4. The Morgan fingerprint density at radius 1 is 1.40 bits per heavy atom. The lowest BCUT2D eigenvalue weighted by Crippen LogP contribution is -2.34. The van der Waals surface area contributed by atoms with Gasteiger partial charge in [-0.05, 0) is 29.3 Å². The smallest absolute Gasteiger partial charge is 0.241 e. The van der Waals surface area contributed by atoms with Crippen LogP contribution < -0.4 is 11.5 Å². The molecule has 0 radical (unpaired) electrons. The molecule has 104 valence electrons. The van der Waals surface area contributed by atoms with Crippen molar-refractivity contribution >= 4 is 17.5 Å². The Bertz CT molecular complexity index is 635. The van der Waals surface area contributed by atoms with Crippen molar-refractivity contribution in [1.82, 2.24) is 0 Å². The van der Waals surface area contributed by atoms with E-state index in [4.69, 9.17) is 23.1 Å². The molecule has 0 bridgehead atoms. The normalized spacial score (nSPS) is 22.5. The quantitative estimate of drug-likeness (QED) is 0.741. The number of amides is 1. The Labute approximate surface area is 122 Å². The topological polar surface area (TPSA) is 89.3 Å². The largest absolute Gasteiger partial charge is 0.399 e. The molecule has 5 N–H and O–H groups in total. The predicted octanol–water partition coefficient (Wildman–Crippen LogP) is 1.74. The maximum absolute atomic E-state index is 10.8. The third-order valence-electron chi connectivity index (χ3n) is 3.18. The van der Waals surface area contributed by atoms with Crippen LogP contribution in [0.3, 0.4) is 0 Å². The molecule has 20 heavy (non-hydrogen) atoms. The second-order valence-corrected chi connectivity index (χ2v) is 5.08. The van der Waals surface area contributed by atoms with Gasteiger partial charge >= 0.3 is 0 Å². The van der Waals surface area contributed by atoms with E-state index in [1.807, 2.05) is 0 Å². The highest BCUT2D eigenvalue weighted by Crippen LogP contribution is 2.37. The number of halogens is 1. The van der Waals surface area contributed by atoms with E-state index >= 15 is 0 Å². The van der Waals surface area contributed by atoms with Crippen LogP contribution in [0.1, 0.15) is 12.0 Å². The molecule has 5 heteroatoms. The van der Waals surface area contributed by atoms with Crippen LogP contribution in [0.5, 0.6) is 0 Å². The Balaban J connectivity index is 2.36. The van der Waals surface area contributed by atoms with Crippen LogP contribution in [0, 0.1) is 0 Å². The summed E-state index contributed by atoms with van der Waals surface area (Å²) in [5, 5.41) is 11.3. The number of primary amides is 1. The molecule has 1 aromatic rings. The molecule has 1 atom stereocenters. The average molecular weight is 291 g/mol. The van der Waals surface area contributed by atoms with Crippen LogP contribution >= 0.6 is 11.6 Å². The van der Waals surface area contributed by atoms with E-state index in [9.17, 15) is 9.90 Å². The van der Waals surface area contributed by atoms with Crippen molar-refractivity contribution in [2.24, 2.45) is 11.5 Å². The lowest BCUT2D eigenvalue weighted by atomic mass is 9.81. The van der Waals surface area contributed by atoms with E-state index in [0.717, 1.165) is 5.57 Å². The van der Waals surface area contributed by atoms with Gasteiger partial charge in [0, 0.05) is 23.2 Å². The molecule has 1 aromatic carbocycles. The summed E-state index contributed by atoms with van der Waals surface area (Å²) in [4.78, 5) is 10.8. The van der Waals surface area contributed by atoms with Crippen molar-refractivity contribution < 1.29 is 9.90 Å². The van der Waals surface area contributed by atoms with Crippen molar-refractivity contribution in [2.75, 3.05) is 0 Å². The molecule has 4 nitrogen and oxygen atoms in total. The number of carbonyl (C=O) groups excluding carboxylic acids is 1. The van der Waals surface area contributed by atoms with Crippen molar-refractivity contribution in [2.45, 2.75) is 12.0 Å². The maximum atomic E-state index is 10.8. The van der Waals surface area contributed by atoms with Crippen LogP contribution in [-0.2, 0) is 10.4 Å². The second kappa shape index (κ2) is 5.53. The van der Waals surface area contributed by atoms with Gasteiger partial charge in [0.25, 0.3) is 0 Å². The van der Waals surface area contributed by atoms with Gasteiger partial charge in [-0.1, -0.05) is 35.9 Å². The summed E-state index contributed by atoms with van der Waals surface area (Å²) in [6.45, 7) is 0. The molecule has 0 aromatic heterocycles. The fourth-order valence-electron chi connectivity index (χ4n) is 2.11. The van der Waals surface area contributed by atoms with Gasteiger partial charge in [-0.25, -0.2) is 0 Å². The van der Waals surface area contributed by atoms with Crippen LogP contribution in [0.25, 0.3) is 0 Å². The molecule has 0 heterocycles. The van der Waals surface area contributed by atoms with Gasteiger partial charge in [-0.2, -0.15) is 0 Å². The highest BCUT2D eigenvalue weighted by atomic mass is 35.5. The molecule has 1 aliphatic rings. The molecule has 1 unspecified atom stereocenters. The first-order valence-corrected chi connectivity index (χ1v) is 6.42. The minimum Gasteiger partial charge on any atom is -0.399 e. The predicted molar refractivity (Wildman–Crippen MR) is 78.7 cm³/mol. The van der Waals surface area contributed by atoms with E-state index in [-0.39, 0.29) is 6.42 Å². The molecule has 2 rings (SSSR count). The van der Waals surface area contributed by atoms with E-state index < -0.39 is 11.5 Å². The number of aliphatic hydroxyl groups is 1. The molecular weight excluding hydrogens is 276 g/mol. The van der Waals surface area contributed by atoms with Gasteiger partial charge in [0.05, 0.1) is 0 Å². The minimum absolute atomic E-state index is 0.249. The van der Waals surface area contributed by atoms with Crippen molar-refractivity contribution in [3.8, 4) is 0 Å². The van der Waals surface area contributed by atoms with Gasteiger partial charge < -0.3 is 16.6 Å². The summed E-state index contributed by atoms with van der Waals surface area (Å²) in [6, 6.07) is 6.90. The van der Waals surface area contributed by atoms with Gasteiger partial charge in [-0.3, -0.25) is 4.79 Å². The van der Waals surface area contributed by atoms with E-state index in [0.29, 0.717) is 16.3 Å². The number of nitrogens with two attached hydrogens (primary N) is 2. The van der Waals surface area contributed by atoms with E-state index in [1.54, 1.807) is 42.5 Å². The van der Waals surface area contributed by atoms with E-state index in [2.05, 4.69) is 0 Å². The number of carbonyl (C=O) groups is 1. The van der Waals surface area contributed by atoms with Crippen LogP contribution in [0.15, 0.2) is 59.8 Å². The van der Waals surface area contributed by atoms with Crippen LogP contribution in [-0.4, -0.2) is 11.0 Å². The zero-order valence-electron chi connectivity index (χ0n) is 10.7. The molecule has 1 aliphatic carbocycles. The SMILES string of the molecule is NC(=O)/C=C/C1=CC=C(N)C(O)(c2cccc(Cl)c2)C1. The summed E-state index contributed by atoms with van der Waals surface area (Å²) in [5.41, 5.74) is 11.3. The summed E-state index contributed by atoms with van der Waals surface area (Å²) >= 11 is 5.95. The fourth-order valence-corrected chi connectivity index (χ4v) is 2.30. The number of allylic oxidation sites excluding steroid dienone is 3. The van der Waals surface area contributed by atoms with Crippen molar-refractivity contribution in [1.29, 1.82) is 0 Å². The molecule has 0 saturated heterocycles. The summed E-state index contributed by atoms with van der Waals surface area (Å²) in [5.74, 6) is -0.542. The molecule has 0 aliphatic heterocycles. The lowest BCUT2D eigenvalue weighted by Gasteiger charge is -2.32. The second-order valence-electron chi connectivity index (χ2n) is 4.65. The molecule has 1 amide bonds. The van der Waals surface area contributed by atoms with Gasteiger partial charge in [-0.15, -0.1) is 0 Å². The highest BCUT2D eigenvalue weighted by molar-refractivity contribution is 6.30. The number of hydrogen-bond donors (Lipinski definition) is 3. The lowest BCUT2D eigenvalue weighted by molar-refractivity contribution is -0.113. The van der Waals surface area contributed by atoms with Crippen molar-refractivity contribution in [3.05, 3.63) is 70.4 Å². The molecule has 0 saturated carbocycles. The van der Waals surface area contributed by atoms with Crippen LogP contribution in [0.4, 0.5) is 0 Å². The molecular formula is C15H15ClN2O2. The number of hydrogen-bond acceptors (Lipinski definition) is 3. The zero-order chi connectivity index (χ0) is 14.8. The zero-order valence-corrected chi connectivity index (χ0v) is 11.5. The first-order valence-electron chi connectivity index (χ1n) is 6.04. The van der Waals surface area contributed by atoms with Gasteiger partial charge in [0.1, 0.15) is 5.60 Å². The Morgan fingerprint density at radius 3 is 2.80 bits per heavy atom. The molecule has 0 fully saturated rings. The summed E-state index contributed by atoms with van der Waals surface area (Å²) < 4.78 is 0. The third-order valence-corrected chi connectivity index (χ3v) is 3.41. The van der Waals surface area contributed by atoms with Gasteiger partial charge in [0.15, 0.2) is 0 Å². The first-order chi connectivity index (χ1) is 9.41. The Hall–Kier alpha value is -2.04. The van der Waals surface area contributed by atoms with Crippen LogP contribution in [0.2, 0.25) is 5.02 Å². The van der Waals surface area contributed by atoms with Crippen molar-refractivity contribution in [3.63, 3.8) is 0 Å². The monoisotopic (exact) mass is 290 g/mol. The molecule has 0 spiro atoms. The highest BCUT2D eigenvalue weighted by Gasteiger charge is 2.34. The Morgan fingerprint density at radius 2 is 2.15 bits per heavy atom. The summed E-state index contributed by atoms with van der Waals surface area (Å²) in [6.07, 6.45) is 6.43. The van der Waals surface area contributed by atoms with E-state index in [1.165, 1.54) is 6.08 Å². The maximum Gasteiger partial charge on any atom is 0.241 e. The van der Waals surface area contributed by atoms with Gasteiger partial charge in [0.2, 0.25) is 5.91 Å². The summed E-state index contributed by atoms with van der Waals surface area (Å²) in [7, 11) is 0. The third kappa shape index (κ3) is 2.92. The average Bonchev–Trinajstić information content (AvgIpc) is 2.40.